The fourth-order valence-electron chi connectivity index (χ4n) is 1.95. The summed E-state index contributed by atoms with van der Waals surface area (Å²) in [5.74, 6) is 0.314. The van der Waals surface area contributed by atoms with Gasteiger partial charge in [-0.15, -0.1) is 0 Å². The number of ether oxygens (including phenoxy) is 1. The van der Waals surface area contributed by atoms with Gasteiger partial charge in [-0.1, -0.05) is 0 Å². The Labute approximate surface area is 159 Å². The normalized spacial score (nSPS) is 12.3. The summed E-state index contributed by atoms with van der Waals surface area (Å²) in [6.07, 6.45) is 0.574. The van der Waals surface area contributed by atoms with Crippen molar-refractivity contribution in [3.8, 4) is 0 Å². The van der Waals surface area contributed by atoms with Crippen molar-refractivity contribution in [1.82, 2.24) is 15.3 Å². The van der Waals surface area contributed by atoms with Gasteiger partial charge < -0.3 is 20.7 Å². The van der Waals surface area contributed by atoms with Crippen LogP contribution in [0.25, 0.3) is 0 Å². The third-order valence-corrected chi connectivity index (χ3v) is 2.98. The molecule has 0 spiro atoms. The second-order valence-electron chi connectivity index (χ2n) is 8.94. The number of carbonyl (C=O) groups is 1. The van der Waals surface area contributed by atoms with Crippen LogP contribution in [0.1, 0.15) is 55.4 Å². The van der Waals surface area contributed by atoms with Gasteiger partial charge in [0.05, 0.1) is 11.5 Å². The molecule has 1 heterocycles. The van der Waals surface area contributed by atoms with E-state index in [2.05, 4.69) is 25.9 Å². The molecule has 1 amide bonds. The molecule has 3 N–H and O–H groups in total. The van der Waals surface area contributed by atoms with E-state index in [4.69, 9.17) is 4.74 Å². The molecule has 10 heteroatoms. The van der Waals surface area contributed by atoms with Gasteiger partial charge in [0, 0.05) is 11.1 Å². The van der Waals surface area contributed by atoms with Crippen LogP contribution in [0, 0.1) is 10.1 Å². The van der Waals surface area contributed by atoms with Gasteiger partial charge in [0.15, 0.2) is 0 Å². The summed E-state index contributed by atoms with van der Waals surface area (Å²) in [6.45, 7) is 14.8. The number of alkyl carbamates (subject to hydrolysis) is 1. The van der Waals surface area contributed by atoms with Crippen LogP contribution in [0.15, 0.2) is 6.20 Å². The summed E-state index contributed by atoms with van der Waals surface area (Å²) in [7, 11) is 0. The van der Waals surface area contributed by atoms with E-state index in [0.717, 1.165) is 6.20 Å². The highest BCUT2D eigenvalue weighted by Gasteiger charge is 2.27. The average molecular weight is 382 g/mol. The second kappa shape index (κ2) is 7.93. The van der Waals surface area contributed by atoms with Crippen LogP contribution in [0.4, 0.5) is 22.2 Å². The average Bonchev–Trinajstić information content (AvgIpc) is 2.40. The van der Waals surface area contributed by atoms with E-state index in [-0.39, 0.29) is 29.5 Å². The van der Waals surface area contributed by atoms with Crippen LogP contribution in [0.2, 0.25) is 0 Å². The largest absolute Gasteiger partial charge is 0.442 e. The molecule has 0 atom stereocenters. The number of aromatic nitrogens is 2. The van der Waals surface area contributed by atoms with Gasteiger partial charge in [-0.3, -0.25) is 10.1 Å². The first-order chi connectivity index (χ1) is 12.1. The topological polar surface area (TPSA) is 131 Å². The first kappa shape index (κ1) is 22.4. The van der Waals surface area contributed by atoms with Crippen molar-refractivity contribution in [2.45, 2.75) is 72.1 Å². The molecule has 0 aliphatic rings. The molecule has 0 aromatic carbocycles. The van der Waals surface area contributed by atoms with Crippen LogP contribution in [-0.4, -0.2) is 44.2 Å². The molecule has 0 unspecified atom stereocenters. The Kier molecular flexibility index (Phi) is 6.58. The van der Waals surface area contributed by atoms with E-state index in [9.17, 15) is 14.9 Å². The zero-order chi connectivity index (χ0) is 21.0. The van der Waals surface area contributed by atoms with Crippen molar-refractivity contribution < 1.29 is 14.5 Å². The summed E-state index contributed by atoms with van der Waals surface area (Å²) in [4.78, 5) is 30.8. The van der Waals surface area contributed by atoms with Crippen LogP contribution < -0.4 is 16.0 Å². The zero-order valence-corrected chi connectivity index (χ0v) is 17.3. The molecule has 10 nitrogen and oxygen atoms in total. The quantitative estimate of drug-likeness (QED) is 0.504. The molecule has 1 rings (SSSR count). The molecule has 0 bridgehead atoms. The smallest absolute Gasteiger partial charge is 0.408 e. The van der Waals surface area contributed by atoms with Gasteiger partial charge in [-0.2, -0.15) is 4.98 Å². The first-order valence-corrected chi connectivity index (χ1v) is 8.63. The van der Waals surface area contributed by atoms with Gasteiger partial charge in [0.25, 0.3) is 0 Å². The lowest BCUT2D eigenvalue weighted by molar-refractivity contribution is -0.384. The summed E-state index contributed by atoms with van der Waals surface area (Å²) >= 11 is 0. The lowest BCUT2D eigenvalue weighted by atomic mass is 10.1. The molecule has 0 radical (unpaired) electrons. The number of nitrogens with zero attached hydrogens (tertiary/aromatic N) is 3. The SMILES string of the molecule is CC(C)(C)NC(=O)OC(C)(C)CNc1nc(NC(C)(C)C)ncc1[N+](=O)[O-]. The molecular weight excluding hydrogens is 352 g/mol. The highest BCUT2D eigenvalue weighted by molar-refractivity contribution is 5.68. The number of hydrogen-bond acceptors (Lipinski definition) is 8. The monoisotopic (exact) mass is 382 g/mol. The third kappa shape index (κ3) is 8.52. The fraction of sp³-hybridized carbons (Fsp3) is 0.706. The van der Waals surface area contributed by atoms with Crippen LogP contribution in [0.3, 0.4) is 0 Å². The molecule has 27 heavy (non-hydrogen) atoms. The third-order valence-electron chi connectivity index (χ3n) is 2.98. The predicted octanol–water partition coefficient (Wildman–Crippen LogP) is 3.31. The van der Waals surface area contributed by atoms with Crippen molar-refractivity contribution in [2.75, 3.05) is 17.2 Å². The van der Waals surface area contributed by atoms with E-state index >= 15 is 0 Å². The van der Waals surface area contributed by atoms with Gasteiger partial charge in [0.1, 0.15) is 11.8 Å². The molecule has 152 valence electrons. The van der Waals surface area contributed by atoms with Crippen molar-refractivity contribution >= 4 is 23.5 Å². The minimum Gasteiger partial charge on any atom is -0.442 e. The van der Waals surface area contributed by atoms with Gasteiger partial charge in [-0.05, 0) is 55.4 Å². The maximum Gasteiger partial charge on any atom is 0.408 e. The van der Waals surface area contributed by atoms with Crippen molar-refractivity contribution in [3.05, 3.63) is 16.3 Å². The van der Waals surface area contributed by atoms with Crippen molar-refractivity contribution in [1.29, 1.82) is 0 Å². The second-order valence-corrected chi connectivity index (χ2v) is 8.94. The molecule has 0 fully saturated rings. The fourth-order valence-corrected chi connectivity index (χ4v) is 1.95. The number of hydrogen-bond donors (Lipinski definition) is 3. The summed E-state index contributed by atoms with van der Waals surface area (Å²) < 4.78 is 5.41. The number of amides is 1. The Morgan fingerprint density at radius 3 is 2.22 bits per heavy atom. The molecule has 1 aromatic heterocycles. The molecular formula is C17H30N6O4. The number of nitrogens with one attached hydrogen (secondary N) is 3. The summed E-state index contributed by atoms with van der Waals surface area (Å²) in [6, 6.07) is 0. The van der Waals surface area contributed by atoms with Crippen LogP contribution >= 0.6 is 0 Å². The summed E-state index contributed by atoms with van der Waals surface area (Å²) in [5, 5.41) is 19.9. The van der Waals surface area contributed by atoms with Gasteiger partial charge >= 0.3 is 11.8 Å². The maximum absolute atomic E-state index is 12.0. The molecule has 0 aliphatic carbocycles. The summed E-state index contributed by atoms with van der Waals surface area (Å²) in [5.41, 5.74) is -1.92. The maximum atomic E-state index is 12.0. The van der Waals surface area contributed by atoms with E-state index < -0.39 is 22.2 Å². The van der Waals surface area contributed by atoms with Crippen LogP contribution in [-0.2, 0) is 4.74 Å². The zero-order valence-electron chi connectivity index (χ0n) is 17.3. The van der Waals surface area contributed by atoms with Gasteiger partial charge in [0.2, 0.25) is 11.8 Å². The molecule has 0 saturated heterocycles. The van der Waals surface area contributed by atoms with E-state index in [1.54, 1.807) is 13.8 Å². The van der Waals surface area contributed by atoms with Crippen LogP contribution in [0.5, 0.6) is 0 Å². The number of nitro groups is 1. The van der Waals surface area contributed by atoms with E-state index in [1.807, 2.05) is 41.5 Å². The lowest BCUT2D eigenvalue weighted by Gasteiger charge is -2.28. The molecule has 1 aromatic rings. The Morgan fingerprint density at radius 1 is 1.15 bits per heavy atom. The van der Waals surface area contributed by atoms with Crippen molar-refractivity contribution in [2.24, 2.45) is 0 Å². The molecule has 0 saturated carbocycles. The van der Waals surface area contributed by atoms with E-state index in [1.165, 1.54) is 0 Å². The highest BCUT2D eigenvalue weighted by atomic mass is 16.6. The molecule has 0 aliphatic heterocycles. The van der Waals surface area contributed by atoms with E-state index in [0.29, 0.717) is 0 Å². The Morgan fingerprint density at radius 2 is 1.74 bits per heavy atom. The Hall–Kier alpha value is -2.65. The predicted molar refractivity (Wildman–Crippen MR) is 104 cm³/mol. The highest BCUT2D eigenvalue weighted by Crippen LogP contribution is 2.24. The Balaban J connectivity index is 2.90. The minimum atomic E-state index is -0.925. The van der Waals surface area contributed by atoms with Crippen molar-refractivity contribution in [3.63, 3.8) is 0 Å². The Bertz CT molecular complexity index is 692. The van der Waals surface area contributed by atoms with Gasteiger partial charge in [-0.25, -0.2) is 9.78 Å². The number of anilines is 2. The number of rotatable bonds is 6. The number of carbonyl (C=O) groups excluding carboxylic acids is 1. The lowest BCUT2D eigenvalue weighted by Crippen LogP contribution is -2.46. The first-order valence-electron chi connectivity index (χ1n) is 8.63. The standard InChI is InChI=1S/C17H30N6O4/c1-15(2,3)21-13-18-9-11(23(25)26)12(20-13)19-10-17(7,8)27-14(24)22-16(4,5)6/h9H,10H2,1-8H3,(H,22,24)(H2,18,19,20,21). The minimum absolute atomic E-state index is 0.0506.